The van der Waals surface area contributed by atoms with E-state index in [4.69, 9.17) is 16.0 Å². The number of aromatic nitrogens is 1. The first kappa shape index (κ1) is 14.6. The number of piperidine rings is 1. The number of benzene rings is 1. The fraction of sp³-hybridized carbons (Fsp3) is 0.438. The second-order valence-electron chi connectivity index (χ2n) is 5.67. The van der Waals surface area contributed by atoms with E-state index in [2.05, 4.69) is 9.88 Å². The Balaban J connectivity index is 1.62. The van der Waals surface area contributed by atoms with Crippen LogP contribution in [0.4, 0.5) is 0 Å². The summed E-state index contributed by atoms with van der Waals surface area (Å²) in [5.41, 5.74) is 1.15. The van der Waals surface area contributed by atoms with Crippen LogP contribution in [0, 0.1) is 6.92 Å². The Morgan fingerprint density at radius 1 is 1.29 bits per heavy atom. The predicted octanol–water partition coefficient (Wildman–Crippen LogP) is 3.12. The summed E-state index contributed by atoms with van der Waals surface area (Å²) in [6.07, 6.45) is 3.13. The number of rotatable bonds is 3. The molecule has 0 radical (unpaired) electrons. The Morgan fingerprint density at radius 2 is 1.95 bits per heavy atom. The molecule has 0 saturated carbocycles. The van der Waals surface area contributed by atoms with Crippen LogP contribution < -0.4 is 0 Å². The summed E-state index contributed by atoms with van der Waals surface area (Å²) in [5.74, 6) is 0.694. The zero-order chi connectivity index (χ0) is 14.9. The monoisotopic (exact) mass is 306 g/mol. The maximum absolute atomic E-state index is 10.8. The molecule has 0 bridgehead atoms. The summed E-state index contributed by atoms with van der Waals surface area (Å²) in [6.45, 7) is 4.29. The lowest BCUT2D eigenvalue weighted by Crippen LogP contribution is -2.42. The molecule has 0 aliphatic carbocycles. The van der Waals surface area contributed by atoms with Crippen LogP contribution in [0.25, 0.3) is 0 Å². The van der Waals surface area contributed by atoms with E-state index in [1.807, 2.05) is 31.2 Å². The molecule has 1 aromatic heterocycles. The molecule has 112 valence electrons. The molecule has 0 amide bonds. The Bertz CT molecular complexity index is 601. The minimum atomic E-state index is -0.749. The van der Waals surface area contributed by atoms with Crippen LogP contribution in [0.2, 0.25) is 5.02 Å². The van der Waals surface area contributed by atoms with Gasteiger partial charge in [0.1, 0.15) is 6.26 Å². The van der Waals surface area contributed by atoms with Crippen molar-refractivity contribution >= 4 is 11.6 Å². The van der Waals surface area contributed by atoms with Gasteiger partial charge in [-0.05, 0) is 30.5 Å². The van der Waals surface area contributed by atoms with Crippen molar-refractivity contribution in [3.63, 3.8) is 0 Å². The number of halogens is 1. The number of oxazole rings is 1. The van der Waals surface area contributed by atoms with Crippen LogP contribution in [-0.2, 0) is 12.1 Å². The van der Waals surface area contributed by atoms with E-state index < -0.39 is 5.60 Å². The molecule has 2 heterocycles. The summed E-state index contributed by atoms with van der Waals surface area (Å²) in [5, 5.41) is 11.5. The fourth-order valence-electron chi connectivity index (χ4n) is 2.84. The maximum atomic E-state index is 10.8. The molecule has 3 rings (SSSR count). The second-order valence-corrected chi connectivity index (χ2v) is 6.11. The summed E-state index contributed by atoms with van der Waals surface area (Å²) in [7, 11) is 0. The zero-order valence-corrected chi connectivity index (χ0v) is 12.8. The van der Waals surface area contributed by atoms with Crippen molar-refractivity contribution in [3.05, 3.63) is 52.7 Å². The first-order valence-corrected chi connectivity index (χ1v) is 7.55. The van der Waals surface area contributed by atoms with Gasteiger partial charge >= 0.3 is 0 Å². The molecule has 2 aromatic rings. The third-order valence-corrected chi connectivity index (χ3v) is 4.37. The van der Waals surface area contributed by atoms with Gasteiger partial charge in [-0.25, -0.2) is 4.98 Å². The normalized spacial score (nSPS) is 18.8. The summed E-state index contributed by atoms with van der Waals surface area (Å²) in [4.78, 5) is 6.62. The van der Waals surface area contributed by atoms with E-state index >= 15 is 0 Å². The van der Waals surface area contributed by atoms with E-state index in [1.54, 1.807) is 6.26 Å². The molecule has 21 heavy (non-hydrogen) atoms. The quantitative estimate of drug-likeness (QED) is 0.946. The maximum Gasteiger partial charge on any atom is 0.191 e. The van der Waals surface area contributed by atoms with E-state index in [1.165, 1.54) is 0 Å². The summed E-state index contributed by atoms with van der Waals surface area (Å²) < 4.78 is 5.23. The van der Waals surface area contributed by atoms with Gasteiger partial charge in [0, 0.05) is 31.6 Å². The van der Waals surface area contributed by atoms with Gasteiger partial charge in [-0.15, -0.1) is 0 Å². The van der Waals surface area contributed by atoms with Crippen molar-refractivity contribution in [2.75, 3.05) is 13.1 Å². The Labute approximate surface area is 129 Å². The number of hydrogen-bond acceptors (Lipinski definition) is 4. The third kappa shape index (κ3) is 3.28. The van der Waals surface area contributed by atoms with E-state index in [-0.39, 0.29) is 0 Å². The lowest BCUT2D eigenvalue weighted by atomic mass is 9.84. The van der Waals surface area contributed by atoms with Crippen LogP contribution in [0.15, 0.2) is 34.9 Å². The standard InChI is InChI=1S/C16H19ClN2O2/c1-12-18-15(11-21-12)10-19-8-6-16(20,7-9-19)13-2-4-14(17)5-3-13/h2-5,11,20H,6-10H2,1H3. The topological polar surface area (TPSA) is 49.5 Å². The van der Waals surface area contributed by atoms with Crippen LogP contribution in [0.1, 0.15) is 30.0 Å². The molecular weight excluding hydrogens is 288 g/mol. The average molecular weight is 307 g/mol. The largest absolute Gasteiger partial charge is 0.449 e. The smallest absolute Gasteiger partial charge is 0.191 e. The van der Waals surface area contributed by atoms with E-state index in [0.29, 0.717) is 23.8 Å². The molecule has 0 unspecified atom stereocenters. The van der Waals surface area contributed by atoms with Crippen molar-refractivity contribution in [1.29, 1.82) is 0 Å². The molecule has 1 fully saturated rings. The van der Waals surface area contributed by atoms with E-state index in [0.717, 1.165) is 30.9 Å². The molecular formula is C16H19ClN2O2. The van der Waals surface area contributed by atoms with Gasteiger partial charge < -0.3 is 9.52 Å². The van der Waals surface area contributed by atoms with Crippen molar-refractivity contribution in [2.45, 2.75) is 31.9 Å². The van der Waals surface area contributed by atoms with Crippen molar-refractivity contribution in [1.82, 2.24) is 9.88 Å². The van der Waals surface area contributed by atoms with Gasteiger partial charge in [0.15, 0.2) is 5.89 Å². The molecule has 1 aliphatic heterocycles. The SMILES string of the molecule is Cc1nc(CN2CCC(O)(c3ccc(Cl)cc3)CC2)co1. The third-order valence-electron chi connectivity index (χ3n) is 4.12. The minimum Gasteiger partial charge on any atom is -0.449 e. The molecule has 4 nitrogen and oxygen atoms in total. The number of aliphatic hydroxyl groups is 1. The highest BCUT2D eigenvalue weighted by molar-refractivity contribution is 6.30. The molecule has 1 N–H and O–H groups in total. The Hall–Kier alpha value is -1.36. The first-order valence-electron chi connectivity index (χ1n) is 7.17. The number of aryl methyl sites for hydroxylation is 1. The molecule has 1 aromatic carbocycles. The van der Waals surface area contributed by atoms with Crippen molar-refractivity contribution < 1.29 is 9.52 Å². The second kappa shape index (κ2) is 5.79. The van der Waals surface area contributed by atoms with Crippen LogP contribution >= 0.6 is 11.6 Å². The number of nitrogens with zero attached hydrogens (tertiary/aromatic N) is 2. The van der Waals surface area contributed by atoms with Crippen molar-refractivity contribution in [2.24, 2.45) is 0 Å². The van der Waals surface area contributed by atoms with Gasteiger partial charge in [-0.2, -0.15) is 0 Å². The highest BCUT2D eigenvalue weighted by Crippen LogP contribution is 2.33. The lowest BCUT2D eigenvalue weighted by molar-refractivity contribution is -0.0279. The summed E-state index contributed by atoms with van der Waals surface area (Å²) >= 11 is 5.91. The molecule has 1 saturated heterocycles. The number of hydrogen-bond donors (Lipinski definition) is 1. The predicted molar refractivity (Wildman–Crippen MR) is 81.1 cm³/mol. The molecule has 1 aliphatic rings. The van der Waals surface area contributed by atoms with Crippen LogP contribution in [-0.4, -0.2) is 28.1 Å². The van der Waals surface area contributed by atoms with Gasteiger partial charge in [0.2, 0.25) is 0 Å². The van der Waals surface area contributed by atoms with Gasteiger partial charge in [-0.3, -0.25) is 4.90 Å². The van der Waals surface area contributed by atoms with Gasteiger partial charge in [-0.1, -0.05) is 23.7 Å². The van der Waals surface area contributed by atoms with Crippen LogP contribution in [0.5, 0.6) is 0 Å². The zero-order valence-electron chi connectivity index (χ0n) is 12.1. The molecule has 0 atom stereocenters. The highest BCUT2D eigenvalue weighted by Gasteiger charge is 2.34. The number of likely N-dealkylation sites (tertiary alicyclic amines) is 1. The van der Waals surface area contributed by atoms with Crippen molar-refractivity contribution in [3.8, 4) is 0 Å². The Morgan fingerprint density at radius 3 is 2.52 bits per heavy atom. The summed E-state index contributed by atoms with van der Waals surface area (Å²) in [6, 6.07) is 7.50. The Kier molecular flexibility index (Phi) is 4.02. The van der Waals surface area contributed by atoms with E-state index in [9.17, 15) is 5.11 Å². The van der Waals surface area contributed by atoms with Crippen LogP contribution in [0.3, 0.4) is 0 Å². The minimum absolute atomic E-state index is 0.694. The average Bonchev–Trinajstić information content (AvgIpc) is 2.88. The fourth-order valence-corrected chi connectivity index (χ4v) is 2.97. The molecule has 5 heteroatoms. The molecule has 0 spiro atoms. The lowest BCUT2D eigenvalue weighted by Gasteiger charge is -2.38. The first-order chi connectivity index (χ1) is 10.0. The van der Waals surface area contributed by atoms with Gasteiger partial charge in [0.05, 0.1) is 11.3 Å². The highest BCUT2D eigenvalue weighted by atomic mass is 35.5. The van der Waals surface area contributed by atoms with Gasteiger partial charge in [0.25, 0.3) is 0 Å².